The number of carbonyl (C=O) groups is 1. The summed E-state index contributed by atoms with van der Waals surface area (Å²) in [5.74, 6) is -0.268. The lowest BCUT2D eigenvalue weighted by molar-refractivity contribution is -0.141. The second-order valence-electron chi connectivity index (χ2n) is 3.97. The van der Waals surface area contributed by atoms with E-state index in [1.54, 1.807) is 12.1 Å². The van der Waals surface area contributed by atoms with Gasteiger partial charge >= 0.3 is 5.97 Å². The van der Waals surface area contributed by atoms with E-state index in [-0.39, 0.29) is 18.3 Å². The quantitative estimate of drug-likeness (QED) is 0.595. The third kappa shape index (κ3) is 2.50. The summed E-state index contributed by atoms with van der Waals surface area (Å²) in [4.78, 5) is 21.7. The summed E-state index contributed by atoms with van der Waals surface area (Å²) in [6.07, 6.45) is 0.289. The van der Waals surface area contributed by atoms with Crippen LogP contribution in [0.3, 0.4) is 0 Å². The molecule has 90 valence electrons. The Morgan fingerprint density at radius 1 is 1.59 bits per heavy atom. The molecule has 0 bridgehead atoms. The van der Waals surface area contributed by atoms with E-state index in [1.807, 2.05) is 6.07 Å². The van der Waals surface area contributed by atoms with Crippen molar-refractivity contribution in [2.45, 2.75) is 18.9 Å². The Hall–Kier alpha value is -1.75. The lowest BCUT2D eigenvalue weighted by Crippen LogP contribution is -2.20. The van der Waals surface area contributed by atoms with E-state index in [9.17, 15) is 9.70 Å². The van der Waals surface area contributed by atoms with Gasteiger partial charge in [-0.15, -0.1) is 4.91 Å². The Kier molecular flexibility index (Phi) is 3.49. The summed E-state index contributed by atoms with van der Waals surface area (Å²) in [6, 6.07) is 5.19. The number of methoxy groups -OCH3 is 1. The van der Waals surface area contributed by atoms with Crippen LogP contribution >= 0.6 is 0 Å². The van der Waals surface area contributed by atoms with Gasteiger partial charge in [0, 0.05) is 5.92 Å². The molecule has 1 unspecified atom stereocenters. The van der Waals surface area contributed by atoms with Gasteiger partial charge in [-0.05, 0) is 28.4 Å². The molecule has 1 aromatic rings. The van der Waals surface area contributed by atoms with Gasteiger partial charge in [0.2, 0.25) is 0 Å². The molecule has 2 rings (SSSR count). The average molecular weight is 235 g/mol. The van der Waals surface area contributed by atoms with E-state index in [0.717, 1.165) is 11.1 Å². The van der Waals surface area contributed by atoms with Crippen molar-refractivity contribution in [3.63, 3.8) is 0 Å². The van der Waals surface area contributed by atoms with E-state index in [1.165, 1.54) is 7.11 Å². The summed E-state index contributed by atoms with van der Waals surface area (Å²) >= 11 is 0. The molecule has 1 aliphatic rings. The zero-order valence-corrected chi connectivity index (χ0v) is 9.51. The molecule has 1 heterocycles. The minimum Gasteiger partial charge on any atom is -0.469 e. The maximum absolute atomic E-state index is 11.3. The summed E-state index contributed by atoms with van der Waals surface area (Å²) in [7, 11) is 1.37. The number of ether oxygens (including phenoxy) is 2. The maximum atomic E-state index is 11.3. The molecular formula is C12H13NO4. The number of rotatable bonds is 3. The normalized spacial score (nSPS) is 18.3. The SMILES string of the molecule is COC(=O)CC1COCc2cc(N=O)ccc21. The first-order valence-electron chi connectivity index (χ1n) is 5.35. The standard InChI is InChI=1S/C12H13NO4/c1-16-12(14)5-9-7-17-6-8-4-10(13-15)2-3-11(8)9/h2-4,9H,5-7H2,1H3. The van der Waals surface area contributed by atoms with Gasteiger partial charge in [0.05, 0.1) is 26.7 Å². The summed E-state index contributed by atoms with van der Waals surface area (Å²) in [6.45, 7) is 0.951. The van der Waals surface area contributed by atoms with Gasteiger partial charge in [-0.2, -0.15) is 0 Å². The van der Waals surface area contributed by atoms with Gasteiger partial charge in [0.1, 0.15) is 5.69 Å². The lowest BCUT2D eigenvalue weighted by atomic mass is 9.90. The predicted molar refractivity (Wildman–Crippen MR) is 60.9 cm³/mol. The highest BCUT2D eigenvalue weighted by atomic mass is 16.5. The van der Waals surface area contributed by atoms with Crippen LogP contribution in [0.15, 0.2) is 23.4 Å². The van der Waals surface area contributed by atoms with Crippen LogP contribution < -0.4 is 0 Å². The second kappa shape index (κ2) is 5.05. The zero-order valence-electron chi connectivity index (χ0n) is 9.51. The van der Waals surface area contributed by atoms with Crippen molar-refractivity contribution in [1.82, 2.24) is 0 Å². The van der Waals surface area contributed by atoms with Crippen LogP contribution in [0.5, 0.6) is 0 Å². The van der Waals surface area contributed by atoms with Crippen LogP contribution in [0.4, 0.5) is 5.69 Å². The number of carbonyl (C=O) groups excluding carboxylic acids is 1. The fourth-order valence-electron chi connectivity index (χ4n) is 2.03. The third-order valence-corrected chi connectivity index (χ3v) is 2.89. The monoisotopic (exact) mass is 235 g/mol. The molecule has 0 amide bonds. The van der Waals surface area contributed by atoms with E-state index in [2.05, 4.69) is 9.91 Å². The summed E-state index contributed by atoms with van der Waals surface area (Å²) in [5, 5.41) is 2.88. The highest BCUT2D eigenvalue weighted by Gasteiger charge is 2.23. The first-order chi connectivity index (χ1) is 8.24. The van der Waals surface area contributed by atoms with E-state index in [0.29, 0.717) is 18.9 Å². The van der Waals surface area contributed by atoms with E-state index >= 15 is 0 Å². The molecule has 5 nitrogen and oxygen atoms in total. The van der Waals surface area contributed by atoms with Crippen molar-refractivity contribution < 1.29 is 14.3 Å². The molecule has 0 N–H and O–H groups in total. The molecule has 1 aromatic carbocycles. The average Bonchev–Trinajstić information content (AvgIpc) is 2.38. The summed E-state index contributed by atoms with van der Waals surface area (Å²) < 4.78 is 10.1. The molecule has 1 atom stereocenters. The molecule has 0 aromatic heterocycles. The number of hydrogen-bond donors (Lipinski definition) is 0. The van der Waals surface area contributed by atoms with Crippen molar-refractivity contribution in [1.29, 1.82) is 0 Å². The fourth-order valence-corrected chi connectivity index (χ4v) is 2.03. The van der Waals surface area contributed by atoms with Gasteiger partial charge in [-0.25, -0.2) is 0 Å². The smallest absolute Gasteiger partial charge is 0.306 e. The Labute approximate surface area is 98.7 Å². The number of benzene rings is 1. The third-order valence-electron chi connectivity index (χ3n) is 2.89. The van der Waals surface area contributed by atoms with Crippen molar-refractivity contribution in [2.75, 3.05) is 13.7 Å². The topological polar surface area (TPSA) is 65.0 Å². The van der Waals surface area contributed by atoms with Crippen molar-refractivity contribution in [3.05, 3.63) is 34.2 Å². The largest absolute Gasteiger partial charge is 0.469 e. The van der Waals surface area contributed by atoms with Crippen LogP contribution in [0.1, 0.15) is 23.5 Å². The Morgan fingerprint density at radius 3 is 3.12 bits per heavy atom. The highest BCUT2D eigenvalue weighted by molar-refractivity contribution is 5.70. The van der Waals surface area contributed by atoms with Gasteiger partial charge in [0.25, 0.3) is 0 Å². The first kappa shape index (κ1) is 11.7. The Bertz CT molecular complexity index is 444. The van der Waals surface area contributed by atoms with Crippen molar-refractivity contribution in [3.8, 4) is 0 Å². The Morgan fingerprint density at radius 2 is 2.41 bits per heavy atom. The predicted octanol–water partition coefficient (Wildman–Crippen LogP) is 2.26. The van der Waals surface area contributed by atoms with Crippen LogP contribution in [0, 0.1) is 4.91 Å². The molecule has 0 spiro atoms. The molecule has 0 radical (unpaired) electrons. The van der Waals surface area contributed by atoms with E-state index < -0.39 is 0 Å². The molecule has 0 fully saturated rings. The number of fused-ring (bicyclic) bond motifs is 1. The van der Waals surface area contributed by atoms with Gasteiger partial charge < -0.3 is 9.47 Å². The molecule has 17 heavy (non-hydrogen) atoms. The van der Waals surface area contributed by atoms with Crippen molar-refractivity contribution >= 4 is 11.7 Å². The first-order valence-corrected chi connectivity index (χ1v) is 5.35. The van der Waals surface area contributed by atoms with Gasteiger partial charge in [-0.1, -0.05) is 6.07 Å². The summed E-state index contributed by atoms with van der Waals surface area (Å²) in [5.41, 5.74) is 2.34. The lowest BCUT2D eigenvalue weighted by Gasteiger charge is -2.24. The molecule has 0 saturated heterocycles. The number of nitroso groups, excluding NO2 is 1. The van der Waals surface area contributed by atoms with Gasteiger partial charge in [0.15, 0.2) is 0 Å². The van der Waals surface area contributed by atoms with E-state index in [4.69, 9.17) is 4.74 Å². The van der Waals surface area contributed by atoms with Crippen molar-refractivity contribution in [2.24, 2.45) is 5.18 Å². The molecule has 5 heteroatoms. The minimum atomic E-state index is -0.260. The molecular weight excluding hydrogens is 222 g/mol. The van der Waals surface area contributed by atoms with Crippen LogP contribution in [-0.4, -0.2) is 19.7 Å². The maximum Gasteiger partial charge on any atom is 0.306 e. The molecule has 1 aliphatic heterocycles. The molecule has 0 aliphatic carbocycles. The highest BCUT2D eigenvalue weighted by Crippen LogP contribution is 2.31. The second-order valence-corrected chi connectivity index (χ2v) is 3.97. The van der Waals surface area contributed by atoms with Crippen LogP contribution in [0.25, 0.3) is 0 Å². The van der Waals surface area contributed by atoms with Gasteiger partial charge in [-0.3, -0.25) is 4.79 Å². The van der Waals surface area contributed by atoms with Crippen LogP contribution in [-0.2, 0) is 20.9 Å². The Balaban J connectivity index is 2.25. The zero-order chi connectivity index (χ0) is 12.3. The number of esters is 1. The number of hydrogen-bond acceptors (Lipinski definition) is 5. The number of nitrogens with zero attached hydrogens (tertiary/aromatic N) is 1. The fraction of sp³-hybridized carbons (Fsp3) is 0.417. The van der Waals surface area contributed by atoms with Crippen LogP contribution in [0.2, 0.25) is 0 Å². The minimum absolute atomic E-state index is 0.00750. The molecule has 0 saturated carbocycles.